The molecule has 9 heteroatoms. The SMILES string of the molecule is CCC1C(=O)N(C)c2cnc(Nc3ccc(C(=O)O)c4c3OCC4)nc2N1C1CCCC1. The molecule has 32 heavy (non-hydrogen) atoms. The van der Waals surface area contributed by atoms with Crippen LogP contribution < -0.4 is 19.9 Å². The van der Waals surface area contributed by atoms with E-state index < -0.39 is 5.97 Å². The summed E-state index contributed by atoms with van der Waals surface area (Å²) in [5.74, 6) is 0.811. The molecule has 0 spiro atoms. The number of nitrogens with zero attached hydrogens (tertiary/aromatic N) is 4. The zero-order chi connectivity index (χ0) is 22.4. The second-order valence-electron chi connectivity index (χ2n) is 8.57. The Kier molecular flexibility index (Phi) is 5.11. The zero-order valence-corrected chi connectivity index (χ0v) is 18.3. The third kappa shape index (κ3) is 3.23. The molecule has 1 fully saturated rings. The van der Waals surface area contributed by atoms with Crippen LogP contribution in [0, 0.1) is 0 Å². The Morgan fingerprint density at radius 2 is 2.09 bits per heavy atom. The predicted octanol–water partition coefficient (Wildman–Crippen LogP) is 3.36. The first-order valence-corrected chi connectivity index (χ1v) is 11.2. The van der Waals surface area contributed by atoms with Crippen molar-refractivity contribution in [1.82, 2.24) is 9.97 Å². The Labute approximate surface area is 186 Å². The molecular formula is C23H27N5O4. The first-order valence-electron chi connectivity index (χ1n) is 11.2. The number of amides is 1. The normalized spacial score (nSPS) is 20.2. The van der Waals surface area contributed by atoms with Gasteiger partial charge in [-0.15, -0.1) is 0 Å². The van der Waals surface area contributed by atoms with Crippen LogP contribution in [-0.4, -0.2) is 52.7 Å². The van der Waals surface area contributed by atoms with Gasteiger partial charge in [-0.25, -0.2) is 9.78 Å². The van der Waals surface area contributed by atoms with Crippen molar-refractivity contribution in [1.29, 1.82) is 0 Å². The quantitative estimate of drug-likeness (QED) is 0.733. The van der Waals surface area contributed by atoms with E-state index in [1.165, 1.54) is 0 Å². The number of aromatic carboxylic acids is 1. The number of carbonyl (C=O) groups is 2. The van der Waals surface area contributed by atoms with Crippen LogP contribution in [0.25, 0.3) is 0 Å². The van der Waals surface area contributed by atoms with Gasteiger partial charge in [0.2, 0.25) is 11.9 Å². The van der Waals surface area contributed by atoms with Crippen LogP contribution in [-0.2, 0) is 11.2 Å². The maximum absolute atomic E-state index is 13.0. The lowest BCUT2D eigenvalue weighted by molar-refractivity contribution is -0.120. The topological polar surface area (TPSA) is 108 Å². The van der Waals surface area contributed by atoms with Crippen molar-refractivity contribution in [3.8, 4) is 5.75 Å². The summed E-state index contributed by atoms with van der Waals surface area (Å²) >= 11 is 0. The number of nitrogens with one attached hydrogen (secondary N) is 1. The fraction of sp³-hybridized carbons (Fsp3) is 0.478. The van der Waals surface area contributed by atoms with Gasteiger partial charge in [0.05, 0.1) is 24.1 Å². The van der Waals surface area contributed by atoms with E-state index in [9.17, 15) is 14.7 Å². The molecule has 0 bridgehead atoms. The van der Waals surface area contributed by atoms with E-state index in [0.717, 1.165) is 31.5 Å². The van der Waals surface area contributed by atoms with Crippen molar-refractivity contribution < 1.29 is 19.4 Å². The number of carboxylic acids is 1. The van der Waals surface area contributed by atoms with Gasteiger partial charge in [0.25, 0.3) is 0 Å². The monoisotopic (exact) mass is 437 g/mol. The van der Waals surface area contributed by atoms with E-state index in [2.05, 4.69) is 15.2 Å². The minimum absolute atomic E-state index is 0.0756. The smallest absolute Gasteiger partial charge is 0.336 e. The number of aromatic nitrogens is 2. The highest BCUT2D eigenvalue weighted by molar-refractivity contribution is 6.04. The molecule has 5 rings (SSSR count). The number of likely N-dealkylation sites (N-methyl/N-ethyl adjacent to an activating group) is 1. The van der Waals surface area contributed by atoms with Crippen LogP contribution in [0.15, 0.2) is 18.3 Å². The van der Waals surface area contributed by atoms with E-state index in [1.54, 1.807) is 30.3 Å². The molecule has 1 aromatic carbocycles. The molecule has 2 aliphatic heterocycles. The lowest BCUT2D eigenvalue weighted by Crippen LogP contribution is -2.55. The molecule has 168 valence electrons. The van der Waals surface area contributed by atoms with Crippen LogP contribution in [0.5, 0.6) is 5.75 Å². The van der Waals surface area contributed by atoms with Gasteiger partial charge in [0, 0.05) is 25.1 Å². The third-order valence-corrected chi connectivity index (χ3v) is 6.75. The van der Waals surface area contributed by atoms with Crippen molar-refractivity contribution >= 4 is 35.0 Å². The van der Waals surface area contributed by atoms with Gasteiger partial charge < -0.3 is 25.0 Å². The number of benzene rings is 1. The second kappa shape index (κ2) is 7.96. The summed E-state index contributed by atoms with van der Waals surface area (Å²) in [6.07, 6.45) is 7.37. The summed E-state index contributed by atoms with van der Waals surface area (Å²) in [6.45, 7) is 2.48. The first kappa shape index (κ1) is 20.5. The average molecular weight is 438 g/mol. The van der Waals surface area contributed by atoms with Crippen LogP contribution >= 0.6 is 0 Å². The molecule has 0 radical (unpaired) electrons. The molecule has 3 heterocycles. The van der Waals surface area contributed by atoms with Gasteiger partial charge in [0.15, 0.2) is 5.82 Å². The molecule has 1 aromatic heterocycles. The van der Waals surface area contributed by atoms with Crippen LogP contribution in [0.3, 0.4) is 0 Å². The van der Waals surface area contributed by atoms with Gasteiger partial charge in [-0.1, -0.05) is 19.8 Å². The summed E-state index contributed by atoms with van der Waals surface area (Å²) in [5.41, 5.74) is 2.29. The Hall–Kier alpha value is -3.36. The molecule has 2 aromatic rings. The number of anilines is 4. The Bertz CT molecular complexity index is 1080. The summed E-state index contributed by atoms with van der Waals surface area (Å²) < 4.78 is 5.73. The highest BCUT2D eigenvalue weighted by atomic mass is 16.5. The number of rotatable bonds is 5. The molecular weight excluding hydrogens is 410 g/mol. The maximum atomic E-state index is 13.0. The zero-order valence-electron chi connectivity index (χ0n) is 18.3. The molecule has 3 aliphatic rings. The second-order valence-corrected chi connectivity index (χ2v) is 8.57. The fourth-order valence-electron chi connectivity index (χ4n) is 5.16. The van der Waals surface area contributed by atoms with Gasteiger partial charge in [0.1, 0.15) is 17.5 Å². The Morgan fingerprint density at radius 3 is 2.81 bits per heavy atom. The number of hydrogen-bond donors (Lipinski definition) is 2. The summed E-state index contributed by atoms with van der Waals surface area (Å²) in [4.78, 5) is 37.7. The fourth-order valence-corrected chi connectivity index (χ4v) is 5.16. The van der Waals surface area contributed by atoms with Crippen molar-refractivity contribution in [2.45, 2.75) is 57.5 Å². The van der Waals surface area contributed by atoms with Gasteiger partial charge >= 0.3 is 5.97 Å². The van der Waals surface area contributed by atoms with Crippen LogP contribution in [0.4, 0.5) is 23.1 Å². The maximum Gasteiger partial charge on any atom is 0.336 e. The molecule has 1 atom stereocenters. The third-order valence-electron chi connectivity index (χ3n) is 6.75. The molecule has 1 amide bonds. The minimum atomic E-state index is -0.964. The number of carbonyl (C=O) groups excluding carboxylic acids is 1. The van der Waals surface area contributed by atoms with Crippen molar-refractivity contribution in [3.05, 3.63) is 29.5 Å². The van der Waals surface area contributed by atoms with Gasteiger partial charge in [-0.05, 0) is 31.4 Å². The molecule has 1 aliphatic carbocycles. The largest absolute Gasteiger partial charge is 0.491 e. The highest BCUT2D eigenvalue weighted by Gasteiger charge is 2.41. The van der Waals surface area contributed by atoms with E-state index in [-0.39, 0.29) is 17.5 Å². The van der Waals surface area contributed by atoms with Crippen molar-refractivity contribution in [2.24, 2.45) is 0 Å². The van der Waals surface area contributed by atoms with Crippen LogP contribution in [0.1, 0.15) is 54.9 Å². The number of ether oxygens (including phenoxy) is 1. The summed E-state index contributed by atoms with van der Waals surface area (Å²) in [6, 6.07) is 3.33. The molecule has 2 N–H and O–H groups in total. The first-order chi connectivity index (χ1) is 15.5. The predicted molar refractivity (Wildman–Crippen MR) is 120 cm³/mol. The summed E-state index contributed by atoms with van der Waals surface area (Å²) in [7, 11) is 1.78. The lowest BCUT2D eigenvalue weighted by Gasteiger charge is -2.43. The van der Waals surface area contributed by atoms with E-state index >= 15 is 0 Å². The number of hydrogen-bond acceptors (Lipinski definition) is 7. The summed E-state index contributed by atoms with van der Waals surface area (Å²) in [5, 5.41) is 12.7. The van der Waals surface area contributed by atoms with Crippen molar-refractivity contribution in [3.63, 3.8) is 0 Å². The molecule has 1 unspecified atom stereocenters. The molecule has 9 nitrogen and oxygen atoms in total. The van der Waals surface area contributed by atoms with Gasteiger partial charge in [-0.2, -0.15) is 4.98 Å². The van der Waals surface area contributed by atoms with E-state index in [0.29, 0.717) is 54.1 Å². The molecule has 0 saturated heterocycles. The Balaban J connectivity index is 1.53. The van der Waals surface area contributed by atoms with Gasteiger partial charge in [-0.3, -0.25) is 4.79 Å². The lowest BCUT2D eigenvalue weighted by atomic mass is 10.0. The standard InChI is InChI=1S/C23H27N5O4/c1-3-17-21(29)27(2)18-12-24-23(26-20(18)28(17)13-6-4-5-7-13)25-16-9-8-15(22(30)31)14-10-11-32-19(14)16/h8-9,12-13,17H,3-7,10-11H2,1-2H3,(H,30,31)(H,24,25,26). The highest BCUT2D eigenvalue weighted by Crippen LogP contribution is 2.41. The van der Waals surface area contributed by atoms with Crippen molar-refractivity contribution in [2.75, 3.05) is 28.8 Å². The minimum Gasteiger partial charge on any atom is -0.491 e. The number of fused-ring (bicyclic) bond motifs is 2. The Morgan fingerprint density at radius 1 is 1.31 bits per heavy atom. The average Bonchev–Trinajstić information content (AvgIpc) is 3.48. The molecule has 1 saturated carbocycles. The number of carboxylic acid groups (broad SMARTS) is 1. The van der Waals surface area contributed by atoms with E-state index in [1.807, 2.05) is 6.92 Å². The van der Waals surface area contributed by atoms with Crippen LogP contribution in [0.2, 0.25) is 0 Å². The van der Waals surface area contributed by atoms with E-state index in [4.69, 9.17) is 9.72 Å².